The summed E-state index contributed by atoms with van der Waals surface area (Å²) in [6.07, 6.45) is 0. The molecule has 0 radical (unpaired) electrons. The summed E-state index contributed by atoms with van der Waals surface area (Å²) in [6, 6.07) is 5.88. The van der Waals surface area contributed by atoms with E-state index in [4.69, 9.17) is 0 Å². The van der Waals surface area contributed by atoms with Gasteiger partial charge in [0.2, 0.25) is 0 Å². The smallest absolute Gasteiger partial charge is 0.332 e. The van der Waals surface area contributed by atoms with Gasteiger partial charge in [-0.15, -0.1) is 0 Å². The van der Waals surface area contributed by atoms with Crippen molar-refractivity contribution in [2.24, 2.45) is 14.1 Å². The number of benzene rings is 1. The average Bonchev–Trinajstić information content (AvgIpc) is 3.15. The Hall–Kier alpha value is -3.27. The summed E-state index contributed by atoms with van der Waals surface area (Å²) in [7, 11) is 3.00. The van der Waals surface area contributed by atoms with Gasteiger partial charge in [-0.3, -0.25) is 23.6 Å². The maximum atomic E-state index is 13.2. The van der Waals surface area contributed by atoms with E-state index in [1.165, 1.54) is 30.7 Å². The van der Waals surface area contributed by atoms with Crippen LogP contribution in [0.4, 0.5) is 10.1 Å². The van der Waals surface area contributed by atoms with Gasteiger partial charge in [-0.25, -0.2) is 14.2 Å². The molecule has 0 N–H and O–H groups in total. The molecule has 0 unspecified atom stereocenters. The van der Waals surface area contributed by atoms with Gasteiger partial charge >= 0.3 is 5.69 Å². The number of hydrogen-bond acceptors (Lipinski definition) is 6. The monoisotopic (exact) mass is 442 g/mol. The first-order valence-corrected chi connectivity index (χ1v) is 10.6. The SMILES string of the molecule is CC(=O)[C@H](C)n1c(CN2CCN(c3ccc(F)cc3)CC2)nc2c1c(=O)n(C)c(=O)n2C. The molecule has 0 saturated carbocycles. The molecule has 10 heteroatoms. The van der Waals surface area contributed by atoms with Crippen LogP contribution in [0.2, 0.25) is 0 Å². The van der Waals surface area contributed by atoms with Crippen molar-refractivity contribution in [1.82, 2.24) is 23.6 Å². The zero-order chi connectivity index (χ0) is 23.2. The van der Waals surface area contributed by atoms with Gasteiger partial charge in [0.15, 0.2) is 16.9 Å². The quantitative estimate of drug-likeness (QED) is 0.587. The molecule has 3 heterocycles. The lowest BCUT2D eigenvalue weighted by Crippen LogP contribution is -2.46. The van der Waals surface area contributed by atoms with E-state index in [2.05, 4.69) is 14.8 Å². The zero-order valence-corrected chi connectivity index (χ0v) is 18.7. The number of aryl methyl sites for hydroxylation is 1. The Morgan fingerprint density at radius 2 is 1.69 bits per heavy atom. The number of carbonyl (C=O) groups is 1. The molecule has 4 rings (SSSR count). The Morgan fingerprint density at radius 1 is 1.06 bits per heavy atom. The fourth-order valence-electron chi connectivity index (χ4n) is 4.19. The maximum Gasteiger partial charge on any atom is 0.332 e. The fraction of sp³-hybridized carbons (Fsp3) is 0.455. The van der Waals surface area contributed by atoms with Crippen LogP contribution in [-0.4, -0.2) is 55.5 Å². The molecule has 0 bridgehead atoms. The first-order valence-electron chi connectivity index (χ1n) is 10.6. The molecule has 3 aromatic rings. The van der Waals surface area contributed by atoms with Crippen molar-refractivity contribution in [3.05, 3.63) is 56.7 Å². The Kier molecular flexibility index (Phi) is 5.72. The minimum atomic E-state index is -0.583. The molecule has 170 valence electrons. The topological polar surface area (TPSA) is 85.4 Å². The number of aromatic nitrogens is 4. The average molecular weight is 442 g/mol. The summed E-state index contributed by atoms with van der Waals surface area (Å²) >= 11 is 0. The van der Waals surface area contributed by atoms with Crippen LogP contribution in [0.15, 0.2) is 33.9 Å². The predicted molar refractivity (Wildman–Crippen MR) is 119 cm³/mol. The van der Waals surface area contributed by atoms with Gasteiger partial charge in [-0.1, -0.05) is 0 Å². The Bertz CT molecular complexity index is 1280. The minimum Gasteiger partial charge on any atom is -0.369 e. The zero-order valence-electron chi connectivity index (χ0n) is 18.7. The van der Waals surface area contributed by atoms with Crippen molar-refractivity contribution < 1.29 is 9.18 Å². The molecule has 1 aliphatic rings. The van der Waals surface area contributed by atoms with Gasteiger partial charge in [0, 0.05) is 46.0 Å². The molecule has 0 amide bonds. The van der Waals surface area contributed by atoms with E-state index in [0.29, 0.717) is 12.4 Å². The normalized spacial score (nSPS) is 16.0. The Labute approximate surface area is 184 Å². The number of Topliss-reactive ketones (excluding diaryl/α,β-unsaturated/α-hetero) is 1. The van der Waals surface area contributed by atoms with Crippen LogP contribution in [0.3, 0.4) is 0 Å². The van der Waals surface area contributed by atoms with Crippen LogP contribution in [-0.2, 0) is 25.4 Å². The maximum absolute atomic E-state index is 13.2. The third-order valence-corrected chi connectivity index (χ3v) is 6.27. The lowest BCUT2D eigenvalue weighted by Gasteiger charge is -2.36. The summed E-state index contributed by atoms with van der Waals surface area (Å²) in [5, 5.41) is 0. The van der Waals surface area contributed by atoms with Crippen LogP contribution in [0.1, 0.15) is 25.7 Å². The lowest BCUT2D eigenvalue weighted by atomic mass is 10.2. The van der Waals surface area contributed by atoms with Gasteiger partial charge in [0.1, 0.15) is 11.6 Å². The highest BCUT2D eigenvalue weighted by atomic mass is 19.1. The van der Waals surface area contributed by atoms with Crippen molar-refractivity contribution in [3.63, 3.8) is 0 Å². The molecule has 1 saturated heterocycles. The number of nitrogens with zero attached hydrogens (tertiary/aromatic N) is 6. The number of anilines is 1. The molecule has 2 aromatic heterocycles. The number of imidazole rings is 1. The van der Waals surface area contributed by atoms with Crippen LogP contribution in [0.25, 0.3) is 11.2 Å². The van der Waals surface area contributed by atoms with Crippen molar-refractivity contribution in [1.29, 1.82) is 0 Å². The standard InChI is InChI=1S/C22H27FN6O3/c1-14(15(2)30)29-18(24-20-19(29)21(31)26(4)22(32)25(20)3)13-27-9-11-28(12-10-27)17-7-5-16(23)6-8-17/h5-8,14H,9-13H2,1-4H3/t14-/m0/s1. The van der Waals surface area contributed by atoms with Gasteiger partial charge < -0.3 is 9.47 Å². The van der Waals surface area contributed by atoms with Crippen molar-refractivity contribution in [2.75, 3.05) is 31.1 Å². The summed E-state index contributed by atoms with van der Waals surface area (Å²) < 4.78 is 17.3. The van der Waals surface area contributed by atoms with E-state index >= 15 is 0 Å². The first kappa shape index (κ1) is 21.9. The van der Waals surface area contributed by atoms with E-state index < -0.39 is 17.3 Å². The number of ketones is 1. The highest BCUT2D eigenvalue weighted by Crippen LogP contribution is 2.22. The van der Waals surface area contributed by atoms with E-state index in [0.717, 1.165) is 36.4 Å². The predicted octanol–water partition coefficient (Wildman–Crippen LogP) is 1.05. The van der Waals surface area contributed by atoms with Gasteiger partial charge in [-0.05, 0) is 38.1 Å². The Morgan fingerprint density at radius 3 is 2.28 bits per heavy atom. The molecule has 1 fully saturated rings. The third kappa shape index (κ3) is 3.75. The van der Waals surface area contributed by atoms with Crippen molar-refractivity contribution in [2.45, 2.75) is 26.4 Å². The third-order valence-electron chi connectivity index (χ3n) is 6.27. The molecule has 1 aliphatic heterocycles. The van der Waals surface area contributed by atoms with Crippen LogP contribution < -0.4 is 16.1 Å². The second kappa shape index (κ2) is 8.34. The van der Waals surface area contributed by atoms with E-state index in [9.17, 15) is 18.8 Å². The van der Waals surface area contributed by atoms with Crippen LogP contribution >= 0.6 is 0 Å². The van der Waals surface area contributed by atoms with E-state index in [1.54, 1.807) is 30.7 Å². The number of halogens is 1. The highest BCUT2D eigenvalue weighted by Gasteiger charge is 2.26. The second-order valence-electron chi connectivity index (χ2n) is 8.30. The number of carbonyl (C=O) groups excluding carboxylic acids is 1. The van der Waals surface area contributed by atoms with E-state index in [1.807, 2.05) is 0 Å². The Balaban J connectivity index is 1.65. The highest BCUT2D eigenvalue weighted by molar-refractivity contribution is 5.82. The van der Waals surface area contributed by atoms with Gasteiger partial charge in [-0.2, -0.15) is 0 Å². The molecule has 0 aliphatic carbocycles. The summed E-state index contributed by atoms with van der Waals surface area (Å²) in [5.41, 5.74) is 0.601. The first-order chi connectivity index (χ1) is 15.2. The number of rotatable bonds is 5. The number of hydrogen-bond donors (Lipinski definition) is 0. The molecular formula is C22H27FN6O3. The second-order valence-corrected chi connectivity index (χ2v) is 8.30. The molecular weight excluding hydrogens is 415 g/mol. The van der Waals surface area contributed by atoms with E-state index in [-0.39, 0.29) is 22.8 Å². The number of fused-ring (bicyclic) bond motifs is 1. The van der Waals surface area contributed by atoms with Gasteiger partial charge in [0.05, 0.1) is 12.6 Å². The van der Waals surface area contributed by atoms with Crippen LogP contribution in [0, 0.1) is 5.82 Å². The summed E-state index contributed by atoms with van der Waals surface area (Å²) in [4.78, 5) is 46.5. The minimum absolute atomic E-state index is 0.0948. The fourth-order valence-corrected chi connectivity index (χ4v) is 4.19. The van der Waals surface area contributed by atoms with Crippen molar-refractivity contribution >= 4 is 22.6 Å². The molecule has 9 nitrogen and oxygen atoms in total. The van der Waals surface area contributed by atoms with Gasteiger partial charge in [0.25, 0.3) is 5.56 Å². The van der Waals surface area contributed by atoms with Crippen LogP contribution in [0.5, 0.6) is 0 Å². The summed E-state index contributed by atoms with van der Waals surface area (Å²) in [5.74, 6) is 0.227. The number of piperazine rings is 1. The molecule has 32 heavy (non-hydrogen) atoms. The molecule has 1 atom stereocenters. The lowest BCUT2D eigenvalue weighted by molar-refractivity contribution is -0.119. The summed E-state index contributed by atoms with van der Waals surface area (Å²) in [6.45, 7) is 6.67. The molecule has 0 spiro atoms. The molecule has 1 aromatic carbocycles. The largest absolute Gasteiger partial charge is 0.369 e. The van der Waals surface area contributed by atoms with Crippen molar-refractivity contribution in [3.8, 4) is 0 Å².